The summed E-state index contributed by atoms with van der Waals surface area (Å²) >= 11 is 0. The second-order valence-corrected chi connectivity index (χ2v) is 6.57. The Hall–Kier alpha value is -1.57. The van der Waals surface area contributed by atoms with Crippen LogP contribution >= 0.6 is 0 Å². The fourth-order valence-electron chi connectivity index (χ4n) is 3.36. The standard InChI is InChI=1S/C16H24F3N3O2/c1-10(14-11(2)21-24-12(14)3)7-20-15(23)13-5-4-6-22(8-13)9-16(17,18)19/h10,13H,4-9H2,1-3H3,(H,20,23)/t10-,13-/m1/s1. The predicted octanol–water partition coefficient (Wildman–Crippen LogP) is 2.79. The van der Waals surface area contributed by atoms with Gasteiger partial charge in [0.2, 0.25) is 5.91 Å². The molecule has 8 heteroatoms. The zero-order valence-corrected chi connectivity index (χ0v) is 14.2. The molecule has 0 spiro atoms. The number of likely N-dealkylation sites (tertiary alicyclic amines) is 1. The third kappa shape index (κ3) is 4.96. The number of amides is 1. The van der Waals surface area contributed by atoms with E-state index in [-0.39, 0.29) is 18.4 Å². The molecule has 0 aromatic carbocycles. The van der Waals surface area contributed by atoms with Gasteiger partial charge in [0.05, 0.1) is 18.2 Å². The van der Waals surface area contributed by atoms with Crippen molar-refractivity contribution in [1.82, 2.24) is 15.4 Å². The maximum absolute atomic E-state index is 12.5. The Kier molecular flexibility index (Phi) is 5.90. The minimum Gasteiger partial charge on any atom is -0.361 e. The molecule has 24 heavy (non-hydrogen) atoms. The zero-order valence-electron chi connectivity index (χ0n) is 14.2. The summed E-state index contributed by atoms with van der Waals surface area (Å²) in [5, 5.41) is 6.76. The molecule has 0 bridgehead atoms. The predicted molar refractivity (Wildman–Crippen MR) is 82.6 cm³/mol. The van der Waals surface area contributed by atoms with Crippen LogP contribution in [0.5, 0.6) is 0 Å². The van der Waals surface area contributed by atoms with E-state index in [2.05, 4.69) is 10.5 Å². The smallest absolute Gasteiger partial charge is 0.361 e. The monoisotopic (exact) mass is 347 g/mol. The van der Waals surface area contributed by atoms with Crippen LogP contribution in [0, 0.1) is 19.8 Å². The highest BCUT2D eigenvalue weighted by atomic mass is 19.4. The van der Waals surface area contributed by atoms with E-state index >= 15 is 0 Å². The number of hydrogen-bond donors (Lipinski definition) is 1. The van der Waals surface area contributed by atoms with E-state index in [0.29, 0.717) is 25.9 Å². The highest BCUT2D eigenvalue weighted by Gasteiger charge is 2.34. The Bertz CT molecular complexity index is 552. The third-order valence-corrected chi connectivity index (χ3v) is 4.44. The lowest BCUT2D eigenvalue weighted by Gasteiger charge is -2.32. The van der Waals surface area contributed by atoms with Crippen LogP contribution in [0.15, 0.2) is 4.52 Å². The van der Waals surface area contributed by atoms with Gasteiger partial charge in [0.1, 0.15) is 5.76 Å². The van der Waals surface area contributed by atoms with Crippen molar-refractivity contribution in [3.63, 3.8) is 0 Å². The lowest BCUT2D eigenvalue weighted by atomic mass is 9.96. The van der Waals surface area contributed by atoms with Crippen molar-refractivity contribution in [2.24, 2.45) is 5.92 Å². The van der Waals surface area contributed by atoms with Crippen LogP contribution in [0.25, 0.3) is 0 Å². The van der Waals surface area contributed by atoms with Gasteiger partial charge in [-0.15, -0.1) is 0 Å². The van der Waals surface area contributed by atoms with Crippen LogP contribution in [0.4, 0.5) is 13.2 Å². The van der Waals surface area contributed by atoms with Crippen LogP contribution in [-0.4, -0.2) is 48.3 Å². The Morgan fingerprint density at radius 1 is 1.46 bits per heavy atom. The number of hydrogen-bond acceptors (Lipinski definition) is 4. The number of halogens is 3. The number of carbonyl (C=O) groups is 1. The summed E-state index contributed by atoms with van der Waals surface area (Å²) in [6, 6.07) is 0. The fraction of sp³-hybridized carbons (Fsp3) is 0.750. The second kappa shape index (κ2) is 7.55. The molecule has 2 atom stereocenters. The molecule has 0 saturated carbocycles. The number of piperidine rings is 1. The maximum Gasteiger partial charge on any atom is 0.401 e. The van der Waals surface area contributed by atoms with E-state index in [1.807, 2.05) is 20.8 Å². The Morgan fingerprint density at radius 3 is 2.75 bits per heavy atom. The highest BCUT2D eigenvalue weighted by molar-refractivity contribution is 5.79. The summed E-state index contributed by atoms with van der Waals surface area (Å²) in [7, 11) is 0. The number of aromatic nitrogens is 1. The Labute approximate surface area is 139 Å². The van der Waals surface area contributed by atoms with Crippen molar-refractivity contribution < 1.29 is 22.5 Å². The normalized spacial score (nSPS) is 20.8. The number of aryl methyl sites for hydroxylation is 2. The van der Waals surface area contributed by atoms with Gasteiger partial charge in [-0.2, -0.15) is 13.2 Å². The summed E-state index contributed by atoms with van der Waals surface area (Å²) in [6.45, 7) is 5.64. The highest BCUT2D eigenvalue weighted by Crippen LogP contribution is 2.24. The first-order chi connectivity index (χ1) is 11.2. The zero-order chi connectivity index (χ0) is 17.9. The molecule has 1 aromatic rings. The molecule has 1 saturated heterocycles. The molecule has 0 unspecified atom stereocenters. The van der Waals surface area contributed by atoms with Gasteiger partial charge in [0.25, 0.3) is 0 Å². The molecular formula is C16H24F3N3O2. The van der Waals surface area contributed by atoms with E-state index in [9.17, 15) is 18.0 Å². The molecule has 5 nitrogen and oxygen atoms in total. The summed E-state index contributed by atoms with van der Waals surface area (Å²) in [5.41, 5.74) is 1.76. The van der Waals surface area contributed by atoms with Gasteiger partial charge in [0.15, 0.2) is 0 Å². The van der Waals surface area contributed by atoms with Gasteiger partial charge in [0, 0.05) is 24.6 Å². The molecule has 1 aliphatic heterocycles. The molecule has 1 amide bonds. The lowest BCUT2D eigenvalue weighted by Crippen LogP contribution is -2.46. The number of nitrogens with one attached hydrogen (secondary N) is 1. The van der Waals surface area contributed by atoms with Crippen LogP contribution in [0.1, 0.15) is 42.7 Å². The molecule has 136 valence electrons. The molecule has 1 aromatic heterocycles. The van der Waals surface area contributed by atoms with E-state index in [1.54, 1.807) is 0 Å². The molecule has 1 aliphatic rings. The van der Waals surface area contributed by atoms with Gasteiger partial charge in [-0.3, -0.25) is 9.69 Å². The van der Waals surface area contributed by atoms with E-state index in [4.69, 9.17) is 4.52 Å². The molecule has 2 rings (SSSR count). The van der Waals surface area contributed by atoms with Gasteiger partial charge < -0.3 is 9.84 Å². The van der Waals surface area contributed by atoms with Crippen LogP contribution in [0.3, 0.4) is 0 Å². The van der Waals surface area contributed by atoms with E-state index in [0.717, 1.165) is 17.0 Å². The number of alkyl halides is 3. The molecule has 1 fully saturated rings. The average molecular weight is 347 g/mol. The van der Waals surface area contributed by atoms with Gasteiger partial charge in [-0.05, 0) is 33.2 Å². The molecule has 1 N–H and O–H groups in total. The fourth-order valence-corrected chi connectivity index (χ4v) is 3.36. The summed E-state index contributed by atoms with van der Waals surface area (Å²) in [6.07, 6.45) is -3.00. The minimum atomic E-state index is -4.23. The number of rotatable bonds is 5. The number of carbonyl (C=O) groups excluding carboxylic acids is 1. The van der Waals surface area contributed by atoms with Crippen molar-refractivity contribution in [1.29, 1.82) is 0 Å². The van der Waals surface area contributed by atoms with Crippen molar-refractivity contribution in [2.45, 2.75) is 45.7 Å². The van der Waals surface area contributed by atoms with E-state index in [1.165, 1.54) is 4.90 Å². The van der Waals surface area contributed by atoms with Crippen molar-refractivity contribution in [3.05, 3.63) is 17.0 Å². The first-order valence-corrected chi connectivity index (χ1v) is 8.17. The second-order valence-electron chi connectivity index (χ2n) is 6.57. The van der Waals surface area contributed by atoms with Crippen LogP contribution in [-0.2, 0) is 4.79 Å². The first kappa shape index (κ1) is 18.8. The number of nitrogens with zero attached hydrogens (tertiary/aromatic N) is 2. The first-order valence-electron chi connectivity index (χ1n) is 8.17. The Balaban J connectivity index is 1.86. The molecule has 0 radical (unpaired) electrons. The quantitative estimate of drug-likeness (QED) is 0.890. The molecule has 0 aliphatic carbocycles. The topological polar surface area (TPSA) is 58.4 Å². The average Bonchev–Trinajstić information content (AvgIpc) is 2.82. The SMILES string of the molecule is Cc1noc(C)c1[C@H](C)CNC(=O)[C@@H]1CCCN(CC(F)(F)F)C1. The molecular weight excluding hydrogens is 323 g/mol. The van der Waals surface area contributed by atoms with Gasteiger partial charge in [-0.25, -0.2) is 0 Å². The molecule has 2 heterocycles. The van der Waals surface area contributed by atoms with Crippen molar-refractivity contribution in [2.75, 3.05) is 26.2 Å². The summed E-state index contributed by atoms with van der Waals surface area (Å²) in [5.74, 6) is 0.191. The van der Waals surface area contributed by atoms with Crippen molar-refractivity contribution >= 4 is 5.91 Å². The van der Waals surface area contributed by atoms with E-state index < -0.39 is 18.6 Å². The largest absolute Gasteiger partial charge is 0.401 e. The summed E-state index contributed by atoms with van der Waals surface area (Å²) in [4.78, 5) is 13.6. The third-order valence-electron chi connectivity index (χ3n) is 4.44. The lowest BCUT2D eigenvalue weighted by molar-refractivity contribution is -0.152. The Morgan fingerprint density at radius 2 is 2.17 bits per heavy atom. The van der Waals surface area contributed by atoms with Crippen molar-refractivity contribution in [3.8, 4) is 0 Å². The van der Waals surface area contributed by atoms with Crippen LogP contribution < -0.4 is 5.32 Å². The van der Waals surface area contributed by atoms with Gasteiger partial charge in [-0.1, -0.05) is 12.1 Å². The van der Waals surface area contributed by atoms with Crippen LogP contribution in [0.2, 0.25) is 0 Å². The van der Waals surface area contributed by atoms with Gasteiger partial charge >= 0.3 is 6.18 Å². The summed E-state index contributed by atoms with van der Waals surface area (Å²) < 4.78 is 42.6. The maximum atomic E-state index is 12.5. The minimum absolute atomic E-state index is 0.0371.